The number of hydrogen-bond acceptors (Lipinski definition) is 5. The maximum atomic E-state index is 11.1. The van der Waals surface area contributed by atoms with Crippen LogP contribution in [0.2, 0.25) is 0 Å². The number of nitrogens with one attached hydrogen (secondary N) is 2. The molecule has 0 aromatic heterocycles. The first-order valence-corrected chi connectivity index (χ1v) is 7.74. The van der Waals surface area contributed by atoms with Gasteiger partial charge < -0.3 is 10.4 Å². The largest absolute Gasteiger partial charge is 0.506 e. The SMILES string of the molecule is CC(=O)Nc1cc(C2=NNC(=NC3CC3)SC2)ccc1O. The fourth-order valence-electron chi connectivity index (χ4n) is 1.91. The molecular formula is C14H16N4O2S. The number of thioether (sulfide) groups is 1. The van der Waals surface area contributed by atoms with Crippen molar-refractivity contribution in [3.63, 3.8) is 0 Å². The molecular weight excluding hydrogens is 288 g/mol. The summed E-state index contributed by atoms with van der Waals surface area (Å²) >= 11 is 1.62. The second kappa shape index (κ2) is 5.77. The monoisotopic (exact) mass is 304 g/mol. The molecule has 7 heteroatoms. The van der Waals surface area contributed by atoms with Crippen molar-refractivity contribution >= 4 is 34.2 Å². The van der Waals surface area contributed by atoms with E-state index in [1.807, 2.05) is 0 Å². The Balaban J connectivity index is 1.77. The number of amides is 1. The Kier molecular flexibility index (Phi) is 3.83. The number of phenols is 1. The van der Waals surface area contributed by atoms with Gasteiger partial charge in [0.1, 0.15) is 5.75 Å². The van der Waals surface area contributed by atoms with Gasteiger partial charge in [-0.05, 0) is 31.0 Å². The molecule has 110 valence electrons. The third kappa shape index (κ3) is 3.55. The van der Waals surface area contributed by atoms with Crippen LogP contribution in [0, 0.1) is 0 Å². The second-order valence-electron chi connectivity index (χ2n) is 5.04. The number of anilines is 1. The molecule has 1 aliphatic heterocycles. The predicted molar refractivity (Wildman–Crippen MR) is 85.0 cm³/mol. The van der Waals surface area contributed by atoms with Crippen LogP contribution >= 0.6 is 11.8 Å². The lowest BCUT2D eigenvalue weighted by molar-refractivity contribution is -0.114. The van der Waals surface area contributed by atoms with Crippen molar-refractivity contribution < 1.29 is 9.90 Å². The van der Waals surface area contributed by atoms with E-state index in [1.165, 1.54) is 19.8 Å². The van der Waals surface area contributed by atoms with Crippen LogP contribution in [0.5, 0.6) is 5.75 Å². The Morgan fingerprint density at radius 3 is 2.95 bits per heavy atom. The highest BCUT2D eigenvalue weighted by Crippen LogP contribution is 2.27. The number of aromatic hydroxyl groups is 1. The number of nitrogens with zero attached hydrogens (tertiary/aromatic N) is 2. The van der Waals surface area contributed by atoms with Crippen LogP contribution in [0.4, 0.5) is 5.69 Å². The molecule has 0 bridgehead atoms. The fourth-order valence-corrected chi connectivity index (χ4v) is 2.74. The van der Waals surface area contributed by atoms with Crippen LogP contribution in [-0.2, 0) is 4.79 Å². The van der Waals surface area contributed by atoms with E-state index in [-0.39, 0.29) is 11.7 Å². The summed E-state index contributed by atoms with van der Waals surface area (Å²) < 4.78 is 0. The van der Waals surface area contributed by atoms with Crippen LogP contribution in [0.15, 0.2) is 28.3 Å². The van der Waals surface area contributed by atoms with E-state index in [0.29, 0.717) is 17.5 Å². The summed E-state index contributed by atoms with van der Waals surface area (Å²) in [5.41, 5.74) is 5.08. The molecule has 0 spiro atoms. The highest BCUT2D eigenvalue weighted by atomic mass is 32.2. The number of aliphatic imine (C=N–C) groups is 1. The minimum Gasteiger partial charge on any atom is -0.506 e. The quantitative estimate of drug-likeness (QED) is 0.745. The highest BCUT2D eigenvalue weighted by molar-refractivity contribution is 8.14. The van der Waals surface area contributed by atoms with Crippen molar-refractivity contribution in [3.05, 3.63) is 23.8 Å². The van der Waals surface area contributed by atoms with Gasteiger partial charge >= 0.3 is 0 Å². The van der Waals surface area contributed by atoms with Gasteiger partial charge in [0.15, 0.2) is 5.17 Å². The average molecular weight is 304 g/mol. The number of benzene rings is 1. The molecule has 2 aliphatic rings. The highest BCUT2D eigenvalue weighted by Gasteiger charge is 2.22. The molecule has 0 saturated heterocycles. The summed E-state index contributed by atoms with van der Waals surface area (Å²) in [7, 11) is 0. The number of phenolic OH excluding ortho intramolecular Hbond substituents is 1. The lowest BCUT2D eigenvalue weighted by Gasteiger charge is -2.16. The van der Waals surface area contributed by atoms with E-state index in [4.69, 9.17) is 0 Å². The Labute approximate surface area is 126 Å². The molecule has 1 fully saturated rings. The molecule has 1 heterocycles. The molecule has 21 heavy (non-hydrogen) atoms. The zero-order valence-corrected chi connectivity index (χ0v) is 12.4. The van der Waals surface area contributed by atoms with Crippen molar-refractivity contribution in [2.75, 3.05) is 11.1 Å². The molecule has 0 unspecified atom stereocenters. The van der Waals surface area contributed by atoms with Crippen molar-refractivity contribution in [3.8, 4) is 5.75 Å². The van der Waals surface area contributed by atoms with E-state index in [1.54, 1.807) is 30.0 Å². The fraction of sp³-hybridized carbons (Fsp3) is 0.357. The van der Waals surface area contributed by atoms with Gasteiger partial charge in [-0.15, -0.1) is 0 Å². The summed E-state index contributed by atoms with van der Waals surface area (Å²) in [6.07, 6.45) is 2.33. The maximum Gasteiger partial charge on any atom is 0.221 e. The molecule has 1 aliphatic carbocycles. The Hall–Kier alpha value is -2.02. The summed E-state index contributed by atoms with van der Waals surface area (Å²) in [4.78, 5) is 15.6. The Morgan fingerprint density at radius 1 is 1.52 bits per heavy atom. The summed E-state index contributed by atoms with van der Waals surface area (Å²) in [5, 5.41) is 17.5. The van der Waals surface area contributed by atoms with Gasteiger partial charge in [-0.2, -0.15) is 5.10 Å². The van der Waals surface area contributed by atoms with E-state index in [2.05, 4.69) is 20.8 Å². The van der Waals surface area contributed by atoms with Gasteiger partial charge in [-0.25, -0.2) is 0 Å². The standard InChI is InChI=1S/C14H16N4O2S/c1-8(19)15-11-6-9(2-5-13(11)20)12-7-21-14(18-17-12)16-10-3-4-10/h2,5-6,10,20H,3-4,7H2,1H3,(H,15,19)(H,16,18). The molecule has 6 nitrogen and oxygen atoms in total. The van der Waals surface area contributed by atoms with Gasteiger partial charge in [0.05, 0.1) is 17.4 Å². The first kappa shape index (κ1) is 13.9. The minimum atomic E-state index is -0.223. The average Bonchev–Trinajstić information content (AvgIpc) is 3.26. The van der Waals surface area contributed by atoms with Crippen molar-refractivity contribution in [1.82, 2.24) is 5.43 Å². The lowest BCUT2D eigenvalue weighted by atomic mass is 10.1. The summed E-state index contributed by atoms with van der Waals surface area (Å²) in [5.74, 6) is 0.532. The number of hydrogen-bond donors (Lipinski definition) is 3. The lowest BCUT2D eigenvalue weighted by Crippen LogP contribution is -2.25. The van der Waals surface area contributed by atoms with Crippen molar-refractivity contribution in [1.29, 1.82) is 0 Å². The smallest absolute Gasteiger partial charge is 0.221 e. The van der Waals surface area contributed by atoms with Gasteiger partial charge in [-0.3, -0.25) is 15.2 Å². The van der Waals surface area contributed by atoms with Crippen molar-refractivity contribution in [2.45, 2.75) is 25.8 Å². The molecule has 3 N–H and O–H groups in total. The molecule has 0 radical (unpaired) electrons. The maximum absolute atomic E-state index is 11.1. The predicted octanol–water partition coefficient (Wildman–Crippen LogP) is 1.91. The number of carbonyl (C=O) groups excluding carboxylic acids is 1. The van der Waals surface area contributed by atoms with Crippen LogP contribution in [0.1, 0.15) is 25.3 Å². The summed E-state index contributed by atoms with van der Waals surface area (Å²) in [6.45, 7) is 1.41. The molecule has 1 aromatic rings. The first-order valence-electron chi connectivity index (χ1n) is 6.76. The van der Waals surface area contributed by atoms with Crippen molar-refractivity contribution in [2.24, 2.45) is 10.1 Å². The van der Waals surface area contributed by atoms with Gasteiger partial charge in [0.25, 0.3) is 0 Å². The molecule has 1 aromatic carbocycles. The number of carbonyl (C=O) groups is 1. The van der Waals surface area contributed by atoms with Gasteiger partial charge in [0.2, 0.25) is 5.91 Å². The Morgan fingerprint density at radius 2 is 2.33 bits per heavy atom. The van der Waals surface area contributed by atoms with Crippen LogP contribution in [0.3, 0.4) is 0 Å². The summed E-state index contributed by atoms with van der Waals surface area (Å²) in [6, 6.07) is 5.53. The topological polar surface area (TPSA) is 86.1 Å². The Bertz CT molecular complexity index is 638. The molecule has 1 saturated carbocycles. The number of hydrazone groups is 1. The molecule has 3 rings (SSSR count). The van der Waals surface area contributed by atoms with Crippen LogP contribution in [0.25, 0.3) is 0 Å². The van der Waals surface area contributed by atoms with E-state index in [0.717, 1.165) is 16.4 Å². The normalized spacial score (nSPS) is 19.9. The van der Waals surface area contributed by atoms with Crippen LogP contribution in [-0.4, -0.2) is 33.7 Å². The number of amidine groups is 1. The zero-order chi connectivity index (χ0) is 14.8. The zero-order valence-electron chi connectivity index (χ0n) is 11.6. The van der Waals surface area contributed by atoms with E-state index in [9.17, 15) is 9.90 Å². The number of rotatable bonds is 3. The van der Waals surface area contributed by atoms with E-state index < -0.39 is 0 Å². The molecule has 0 atom stereocenters. The molecule has 1 amide bonds. The van der Waals surface area contributed by atoms with Gasteiger partial charge in [-0.1, -0.05) is 11.8 Å². The third-order valence-corrected chi connectivity index (χ3v) is 4.01. The first-order chi connectivity index (χ1) is 10.1. The third-order valence-electron chi connectivity index (χ3n) is 3.12. The van der Waals surface area contributed by atoms with Gasteiger partial charge in [0, 0.05) is 18.2 Å². The second-order valence-corrected chi connectivity index (χ2v) is 6.00. The minimum absolute atomic E-state index is 0.0435. The van der Waals surface area contributed by atoms with E-state index >= 15 is 0 Å². The van der Waals surface area contributed by atoms with Crippen LogP contribution < -0.4 is 10.7 Å².